The summed E-state index contributed by atoms with van der Waals surface area (Å²) in [7, 11) is 0. The van der Waals surface area contributed by atoms with Crippen LogP contribution < -0.4 is 5.73 Å². The lowest BCUT2D eigenvalue weighted by molar-refractivity contribution is 1.10. The summed E-state index contributed by atoms with van der Waals surface area (Å²) in [5, 5.41) is 7.24. The molecule has 3 aromatic rings. The number of hydrogen-bond acceptors (Lipinski definition) is 2. The van der Waals surface area contributed by atoms with E-state index in [1.165, 1.54) is 11.1 Å². The second-order valence-corrected chi connectivity index (χ2v) is 6.08. The zero-order chi connectivity index (χ0) is 15.0. The summed E-state index contributed by atoms with van der Waals surface area (Å²) in [6.07, 6.45) is 0. The summed E-state index contributed by atoms with van der Waals surface area (Å²) >= 11 is 3.50. The number of aromatic nitrogens is 2. The van der Waals surface area contributed by atoms with Crippen molar-refractivity contribution in [1.29, 1.82) is 0 Å². The Hall–Kier alpha value is -2.07. The number of nitrogen functional groups attached to an aromatic ring is 1. The molecular weight excluding hydrogens is 326 g/mol. The van der Waals surface area contributed by atoms with E-state index in [-0.39, 0.29) is 0 Å². The van der Waals surface area contributed by atoms with E-state index in [0.717, 1.165) is 26.9 Å². The second kappa shape index (κ2) is 5.37. The molecule has 1 aromatic heterocycles. The van der Waals surface area contributed by atoms with Crippen LogP contribution in [0.15, 0.2) is 46.9 Å². The van der Waals surface area contributed by atoms with Crippen molar-refractivity contribution in [3.63, 3.8) is 0 Å². The van der Waals surface area contributed by atoms with Crippen LogP contribution in [-0.2, 0) is 0 Å². The van der Waals surface area contributed by atoms with Gasteiger partial charge in [-0.3, -0.25) is 5.10 Å². The Morgan fingerprint density at radius 3 is 2.52 bits per heavy atom. The second-order valence-electron chi connectivity index (χ2n) is 5.17. The normalized spacial score (nSPS) is 10.8. The van der Waals surface area contributed by atoms with Gasteiger partial charge in [-0.05, 0) is 42.7 Å². The van der Waals surface area contributed by atoms with Crippen molar-refractivity contribution in [1.82, 2.24) is 10.2 Å². The Morgan fingerprint density at radius 2 is 1.81 bits per heavy atom. The first-order valence-electron chi connectivity index (χ1n) is 6.73. The smallest absolute Gasteiger partial charge is 0.153 e. The van der Waals surface area contributed by atoms with E-state index in [2.05, 4.69) is 64.2 Å². The van der Waals surface area contributed by atoms with Crippen molar-refractivity contribution in [3.8, 4) is 22.4 Å². The van der Waals surface area contributed by atoms with E-state index < -0.39 is 0 Å². The highest BCUT2D eigenvalue weighted by Gasteiger charge is 2.15. The average molecular weight is 342 g/mol. The third-order valence-corrected chi connectivity index (χ3v) is 4.20. The fraction of sp³-hybridized carbons (Fsp3) is 0.118. The topological polar surface area (TPSA) is 54.7 Å². The molecule has 0 aliphatic heterocycles. The summed E-state index contributed by atoms with van der Waals surface area (Å²) < 4.78 is 1.03. The van der Waals surface area contributed by atoms with Crippen molar-refractivity contribution in [3.05, 3.63) is 58.1 Å². The number of nitrogens with one attached hydrogen (secondary N) is 1. The molecule has 3 N–H and O–H groups in total. The number of halogens is 1. The quantitative estimate of drug-likeness (QED) is 0.709. The monoisotopic (exact) mass is 341 g/mol. The van der Waals surface area contributed by atoms with E-state index in [9.17, 15) is 0 Å². The first kappa shape index (κ1) is 13.9. The van der Waals surface area contributed by atoms with Gasteiger partial charge in [0.15, 0.2) is 5.82 Å². The maximum absolute atomic E-state index is 6.08. The zero-order valence-corrected chi connectivity index (χ0v) is 13.5. The number of nitrogens with zero attached hydrogens (tertiary/aromatic N) is 1. The number of H-pyrrole nitrogens is 1. The number of aromatic amines is 1. The van der Waals surface area contributed by atoms with Crippen LogP contribution in [0.5, 0.6) is 0 Å². The Balaban J connectivity index is 2.19. The Kier molecular flexibility index (Phi) is 3.55. The molecule has 3 nitrogen and oxygen atoms in total. The number of anilines is 1. The first-order chi connectivity index (χ1) is 10.1. The Morgan fingerprint density at radius 1 is 1.00 bits per heavy atom. The molecule has 2 aromatic carbocycles. The van der Waals surface area contributed by atoms with Crippen LogP contribution >= 0.6 is 15.9 Å². The lowest BCUT2D eigenvalue weighted by atomic mass is 9.97. The van der Waals surface area contributed by atoms with Gasteiger partial charge in [-0.15, -0.1) is 0 Å². The molecule has 0 amide bonds. The number of aryl methyl sites for hydroxylation is 2. The molecule has 0 unspecified atom stereocenters. The predicted molar refractivity (Wildman–Crippen MR) is 91.0 cm³/mol. The molecule has 4 heteroatoms. The molecule has 0 saturated carbocycles. The molecule has 0 aliphatic carbocycles. The zero-order valence-electron chi connectivity index (χ0n) is 11.9. The predicted octanol–water partition coefficient (Wildman–Crippen LogP) is 4.71. The van der Waals surface area contributed by atoms with E-state index in [1.807, 2.05) is 18.2 Å². The lowest BCUT2D eigenvalue weighted by Crippen LogP contribution is -1.90. The highest BCUT2D eigenvalue weighted by molar-refractivity contribution is 9.10. The highest BCUT2D eigenvalue weighted by Crippen LogP contribution is 2.36. The Bertz CT molecular complexity index is 806. The molecule has 0 bridgehead atoms. The molecule has 0 atom stereocenters. The van der Waals surface area contributed by atoms with Gasteiger partial charge in [-0.1, -0.05) is 46.3 Å². The third-order valence-electron chi connectivity index (χ3n) is 3.70. The largest absolute Gasteiger partial charge is 0.382 e. The molecular formula is C17H16BrN3. The van der Waals surface area contributed by atoms with Gasteiger partial charge >= 0.3 is 0 Å². The molecule has 106 valence electrons. The molecule has 0 fully saturated rings. The van der Waals surface area contributed by atoms with Crippen LogP contribution in [0.4, 0.5) is 5.82 Å². The molecule has 0 saturated heterocycles. The van der Waals surface area contributed by atoms with Crippen LogP contribution in [0.2, 0.25) is 0 Å². The summed E-state index contributed by atoms with van der Waals surface area (Å²) in [5.74, 6) is 0.522. The maximum atomic E-state index is 6.08. The van der Waals surface area contributed by atoms with E-state index in [1.54, 1.807) is 0 Å². The number of nitrogens with two attached hydrogens (primary N) is 1. The van der Waals surface area contributed by atoms with E-state index in [0.29, 0.717) is 5.82 Å². The van der Waals surface area contributed by atoms with Gasteiger partial charge in [-0.25, -0.2) is 0 Å². The minimum atomic E-state index is 0.522. The molecule has 0 radical (unpaired) electrons. The summed E-state index contributed by atoms with van der Waals surface area (Å²) in [6.45, 7) is 4.21. The van der Waals surface area contributed by atoms with Crippen LogP contribution in [0, 0.1) is 13.8 Å². The van der Waals surface area contributed by atoms with Gasteiger partial charge in [0.05, 0.1) is 11.3 Å². The number of hydrogen-bond donors (Lipinski definition) is 2. The fourth-order valence-corrected chi connectivity index (χ4v) is 2.80. The highest BCUT2D eigenvalue weighted by atomic mass is 79.9. The fourth-order valence-electron chi connectivity index (χ4n) is 2.40. The molecule has 0 aliphatic rings. The number of rotatable bonds is 2. The van der Waals surface area contributed by atoms with Crippen LogP contribution in [0.3, 0.4) is 0 Å². The average Bonchev–Trinajstić information content (AvgIpc) is 2.84. The summed E-state index contributed by atoms with van der Waals surface area (Å²) in [6, 6.07) is 14.4. The molecule has 21 heavy (non-hydrogen) atoms. The third kappa shape index (κ3) is 2.59. The standard InChI is InChI=1S/C17H16BrN3/c1-10-6-7-12(8-11(10)2)15-16(20-21-17(15)19)13-4-3-5-14(18)9-13/h3-9H,1-2H3,(H3,19,20,21). The van der Waals surface area contributed by atoms with Gasteiger partial charge in [0, 0.05) is 10.0 Å². The van der Waals surface area contributed by atoms with Crippen molar-refractivity contribution in [2.45, 2.75) is 13.8 Å². The van der Waals surface area contributed by atoms with Crippen molar-refractivity contribution in [2.75, 3.05) is 5.73 Å². The number of benzene rings is 2. The summed E-state index contributed by atoms with van der Waals surface area (Å²) in [5.41, 5.74) is 12.6. The first-order valence-corrected chi connectivity index (χ1v) is 7.53. The van der Waals surface area contributed by atoms with Crippen LogP contribution in [0.1, 0.15) is 11.1 Å². The Labute approximate surface area is 132 Å². The molecule has 3 rings (SSSR count). The van der Waals surface area contributed by atoms with Crippen LogP contribution in [0.25, 0.3) is 22.4 Å². The lowest BCUT2D eigenvalue weighted by Gasteiger charge is -2.08. The van der Waals surface area contributed by atoms with E-state index >= 15 is 0 Å². The molecule has 1 heterocycles. The van der Waals surface area contributed by atoms with Gasteiger partial charge in [-0.2, -0.15) is 5.10 Å². The molecule has 0 spiro atoms. The van der Waals surface area contributed by atoms with Gasteiger partial charge < -0.3 is 5.73 Å². The van der Waals surface area contributed by atoms with Crippen LogP contribution in [-0.4, -0.2) is 10.2 Å². The minimum Gasteiger partial charge on any atom is -0.382 e. The van der Waals surface area contributed by atoms with Crippen molar-refractivity contribution < 1.29 is 0 Å². The summed E-state index contributed by atoms with van der Waals surface area (Å²) in [4.78, 5) is 0. The van der Waals surface area contributed by atoms with Gasteiger partial charge in [0.1, 0.15) is 0 Å². The van der Waals surface area contributed by atoms with E-state index in [4.69, 9.17) is 5.73 Å². The minimum absolute atomic E-state index is 0.522. The maximum Gasteiger partial charge on any atom is 0.153 e. The SMILES string of the molecule is Cc1ccc(-c2c(N)n[nH]c2-c2cccc(Br)c2)cc1C. The van der Waals surface area contributed by atoms with Gasteiger partial charge in [0.2, 0.25) is 0 Å². The van der Waals surface area contributed by atoms with Crippen molar-refractivity contribution >= 4 is 21.7 Å². The van der Waals surface area contributed by atoms with Crippen molar-refractivity contribution in [2.24, 2.45) is 0 Å². The van der Waals surface area contributed by atoms with Gasteiger partial charge in [0.25, 0.3) is 0 Å².